The van der Waals surface area contributed by atoms with Crippen molar-refractivity contribution >= 4 is 22.6 Å². The first-order valence-electron chi connectivity index (χ1n) is 2.60. The minimum Gasteiger partial charge on any atom is -0.324 e. The Hall–Kier alpha value is -0.0600. The zero-order valence-corrected chi connectivity index (χ0v) is 7.44. The molecule has 0 atom stereocenters. The standard InChI is InChI=1S/C6H7FIN/c1-4-3-5(8)6(7)9(4)2/h3H,1-2H3. The van der Waals surface area contributed by atoms with Gasteiger partial charge in [0.2, 0.25) is 5.95 Å². The number of aryl methyl sites for hydroxylation is 1. The van der Waals surface area contributed by atoms with E-state index in [0.717, 1.165) is 5.69 Å². The zero-order chi connectivity index (χ0) is 7.02. The van der Waals surface area contributed by atoms with Gasteiger partial charge in [-0.1, -0.05) is 0 Å². The summed E-state index contributed by atoms with van der Waals surface area (Å²) in [5.74, 6) is -0.145. The quantitative estimate of drug-likeness (QED) is 0.611. The molecule has 1 heterocycles. The molecule has 0 spiro atoms. The fourth-order valence-corrected chi connectivity index (χ4v) is 1.47. The third kappa shape index (κ3) is 1.10. The van der Waals surface area contributed by atoms with E-state index in [1.165, 1.54) is 4.57 Å². The average molecular weight is 239 g/mol. The van der Waals surface area contributed by atoms with E-state index >= 15 is 0 Å². The molecule has 1 aromatic rings. The lowest BCUT2D eigenvalue weighted by Crippen LogP contribution is -1.93. The summed E-state index contributed by atoms with van der Waals surface area (Å²) in [5.41, 5.74) is 0.955. The van der Waals surface area contributed by atoms with Crippen LogP contribution in [-0.4, -0.2) is 4.57 Å². The van der Waals surface area contributed by atoms with Crippen molar-refractivity contribution in [3.05, 3.63) is 21.3 Å². The first kappa shape index (κ1) is 7.05. The molecule has 50 valence electrons. The van der Waals surface area contributed by atoms with E-state index in [1.54, 1.807) is 7.05 Å². The van der Waals surface area contributed by atoms with Crippen molar-refractivity contribution in [1.82, 2.24) is 4.57 Å². The predicted octanol–water partition coefficient (Wildman–Crippen LogP) is 2.08. The van der Waals surface area contributed by atoms with E-state index in [9.17, 15) is 4.39 Å². The minimum absolute atomic E-state index is 0.145. The van der Waals surface area contributed by atoms with Crippen molar-refractivity contribution in [2.75, 3.05) is 0 Å². The molecule has 1 rings (SSSR count). The summed E-state index contributed by atoms with van der Waals surface area (Å²) in [5, 5.41) is 0. The Balaban J connectivity index is 3.29. The maximum Gasteiger partial charge on any atom is 0.207 e. The topological polar surface area (TPSA) is 4.93 Å². The van der Waals surface area contributed by atoms with Gasteiger partial charge in [-0.25, -0.2) is 0 Å². The van der Waals surface area contributed by atoms with Crippen LogP contribution in [0.3, 0.4) is 0 Å². The lowest BCUT2D eigenvalue weighted by Gasteiger charge is -1.93. The van der Waals surface area contributed by atoms with Crippen LogP contribution in [0.2, 0.25) is 0 Å². The molecule has 0 bridgehead atoms. The highest BCUT2D eigenvalue weighted by atomic mass is 127. The van der Waals surface area contributed by atoms with E-state index in [1.807, 2.05) is 35.6 Å². The Labute approximate surface area is 67.0 Å². The van der Waals surface area contributed by atoms with Gasteiger partial charge in [-0.2, -0.15) is 4.39 Å². The molecule has 0 aromatic carbocycles. The summed E-state index contributed by atoms with van der Waals surface area (Å²) in [7, 11) is 1.72. The fraction of sp³-hybridized carbons (Fsp3) is 0.333. The van der Waals surface area contributed by atoms with E-state index in [4.69, 9.17) is 0 Å². The van der Waals surface area contributed by atoms with Crippen molar-refractivity contribution < 1.29 is 4.39 Å². The molecule has 0 aliphatic rings. The van der Waals surface area contributed by atoms with E-state index in [0.29, 0.717) is 3.57 Å². The van der Waals surface area contributed by atoms with Crippen molar-refractivity contribution in [3.8, 4) is 0 Å². The van der Waals surface area contributed by atoms with Gasteiger partial charge in [-0.15, -0.1) is 0 Å². The second-order valence-electron chi connectivity index (χ2n) is 1.98. The third-order valence-electron chi connectivity index (χ3n) is 1.36. The van der Waals surface area contributed by atoms with Crippen LogP contribution in [0.25, 0.3) is 0 Å². The van der Waals surface area contributed by atoms with E-state index in [-0.39, 0.29) is 5.95 Å². The molecule has 0 aliphatic carbocycles. The maximum absolute atomic E-state index is 12.7. The Morgan fingerprint density at radius 1 is 1.67 bits per heavy atom. The molecule has 0 N–H and O–H groups in total. The van der Waals surface area contributed by atoms with Crippen LogP contribution in [0.4, 0.5) is 4.39 Å². The molecule has 0 fully saturated rings. The monoisotopic (exact) mass is 239 g/mol. The first-order valence-corrected chi connectivity index (χ1v) is 3.68. The number of rotatable bonds is 0. The second kappa shape index (κ2) is 2.28. The molecule has 0 aliphatic heterocycles. The minimum atomic E-state index is -0.145. The maximum atomic E-state index is 12.7. The van der Waals surface area contributed by atoms with Crippen LogP contribution in [-0.2, 0) is 7.05 Å². The van der Waals surface area contributed by atoms with Gasteiger partial charge in [0.1, 0.15) is 0 Å². The predicted molar refractivity (Wildman–Crippen MR) is 42.8 cm³/mol. The molecule has 0 saturated heterocycles. The smallest absolute Gasteiger partial charge is 0.207 e. The molecule has 0 unspecified atom stereocenters. The van der Waals surface area contributed by atoms with Gasteiger partial charge in [-0.3, -0.25) is 0 Å². The molecular weight excluding hydrogens is 232 g/mol. The summed E-state index contributed by atoms with van der Waals surface area (Å²) >= 11 is 1.97. The Morgan fingerprint density at radius 3 is 2.33 bits per heavy atom. The van der Waals surface area contributed by atoms with Gasteiger partial charge < -0.3 is 4.57 Å². The highest BCUT2D eigenvalue weighted by Gasteiger charge is 2.04. The van der Waals surface area contributed by atoms with Gasteiger partial charge in [0, 0.05) is 12.7 Å². The lowest BCUT2D eigenvalue weighted by molar-refractivity contribution is 0.524. The average Bonchev–Trinajstić information content (AvgIpc) is 1.98. The van der Waals surface area contributed by atoms with Crippen molar-refractivity contribution in [2.24, 2.45) is 7.05 Å². The van der Waals surface area contributed by atoms with Gasteiger partial charge in [-0.05, 0) is 35.6 Å². The Kier molecular flexibility index (Phi) is 1.79. The van der Waals surface area contributed by atoms with E-state index in [2.05, 4.69) is 0 Å². The first-order chi connectivity index (χ1) is 4.13. The van der Waals surface area contributed by atoms with Crippen molar-refractivity contribution in [3.63, 3.8) is 0 Å². The summed E-state index contributed by atoms with van der Waals surface area (Å²) < 4.78 is 14.9. The molecular formula is C6H7FIN. The normalized spacial score (nSPS) is 10.2. The van der Waals surface area contributed by atoms with Gasteiger partial charge in [0.05, 0.1) is 3.57 Å². The van der Waals surface area contributed by atoms with Crippen LogP contribution in [0.15, 0.2) is 6.07 Å². The van der Waals surface area contributed by atoms with Crippen molar-refractivity contribution in [1.29, 1.82) is 0 Å². The van der Waals surface area contributed by atoms with Gasteiger partial charge in [0.25, 0.3) is 0 Å². The fourth-order valence-electron chi connectivity index (χ4n) is 0.655. The highest BCUT2D eigenvalue weighted by molar-refractivity contribution is 14.1. The molecule has 3 heteroatoms. The molecule has 1 nitrogen and oxygen atoms in total. The van der Waals surface area contributed by atoms with Crippen LogP contribution in [0.1, 0.15) is 5.69 Å². The Morgan fingerprint density at radius 2 is 2.22 bits per heavy atom. The Bertz CT molecular complexity index is 207. The number of aromatic nitrogens is 1. The summed E-state index contributed by atoms with van der Waals surface area (Å²) in [6.45, 7) is 1.88. The largest absolute Gasteiger partial charge is 0.324 e. The van der Waals surface area contributed by atoms with Crippen LogP contribution in [0.5, 0.6) is 0 Å². The third-order valence-corrected chi connectivity index (χ3v) is 2.11. The summed E-state index contributed by atoms with van der Waals surface area (Å²) in [6, 6.07) is 1.82. The van der Waals surface area contributed by atoms with Crippen LogP contribution in [0, 0.1) is 16.4 Å². The number of hydrogen-bond donors (Lipinski definition) is 0. The molecule has 0 saturated carbocycles. The lowest BCUT2D eigenvalue weighted by atomic mass is 10.5. The van der Waals surface area contributed by atoms with Crippen LogP contribution >= 0.6 is 22.6 Å². The molecule has 0 amide bonds. The van der Waals surface area contributed by atoms with E-state index < -0.39 is 0 Å². The van der Waals surface area contributed by atoms with Gasteiger partial charge in [0.15, 0.2) is 0 Å². The number of halogens is 2. The number of hydrogen-bond acceptors (Lipinski definition) is 0. The van der Waals surface area contributed by atoms with Gasteiger partial charge >= 0.3 is 0 Å². The molecule has 1 aromatic heterocycles. The zero-order valence-electron chi connectivity index (χ0n) is 5.28. The second-order valence-corrected chi connectivity index (χ2v) is 3.15. The SMILES string of the molecule is Cc1cc(I)c(F)n1C. The molecule has 9 heavy (non-hydrogen) atoms. The molecule has 0 radical (unpaired) electrons. The van der Waals surface area contributed by atoms with Crippen molar-refractivity contribution in [2.45, 2.75) is 6.92 Å². The highest BCUT2D eigenvalue weighted by Crippen LogP contribution is 2.13. The van der Waals surface area contributed by atoms with Crippen LogP contribution < -0.4 is 0 Å². The number of nitrogens with zero attached hydrogens (tertiary/aromatic N) is 1. The summed E-state index contributed by atoms with van der Waals surface area (Å²) in [6.07, 6.45) is 0. The summed E-state index contributed by atoms with van der Waals surface area (Å²) in [4.78, 5) is 0.